The molecule has 3 heteroatoms. The molecule has 1 amide bonds. The van der Waals surface area contributed by atoms with E-state index >= 15 is 0 Å². The van der Waals surface area contributed by atoms with E-state index in [2.05, 4.69) is 10.3 Å². The first-order chi connectivity index (χ1) is 6.84. The minimum Gasteiger partial charge on any atom is -0.357 e. The summed E-state index contributed by atoms with van der Waals surface area (Å²) in [6.07, 6.45) is 1.40. The monoisotopic (exact) mass is 186 g/mol. The number of nitrogens with one attached hydrogen (secondary N) is 2. The van der Waals surface area contributed by atoms with Crippen LogP contribution in [-0.2, 0) is 11.2 Å². The van der Waals surface area contributed by atoms with Crippen molar-refractivity contribution < 1.29 is 4.79 Å². The Balaban J connectivity index is 2.30. The van der Waals surface area contributed by atoms with Crippen molar-refractivity contribution in [3.05, 3.63) is 30.0 Å². The molecule has 1 aromatic carbocycles. The molecule has 70 valence electrons. The van der Waals surface area contributed by atoms with E-state index in [0.717, 1.165) is 28.7 Å². The number of hydrogen-bond acceptors (Lipinski definition) is 1. The van der Waals surface area contributed by atoms with E-state index in [-0.39, 0.29) is 5.91 Å². The molecule has 14 heavy (non-hydrogen) atoms. The van der Waals surface area contributed by atoms with Gasteiger partial charge in [0.25, 0.3) is 0 Å². The van der Waals surface area contributed by atoms with Crippen LogP contribution >= 0.6 is 0 Å². The van der Waals surface area contributed by atoms with E-state index in [1.807, 2.05) is 24.3 Å². The van der Waals surface area contributed by atoms with Crippen molar-refractivity contribution in [1.82, 2.24) is 4.98 Å². The molecule has 0 fully saturated rings. The molecule has 0 bridgehead atoms. The maximum Gasteiger partial charge on any atom is 0.224 e. The van der Waals surface area contributed by atoms with Gasteiger partial charge in [-0.25, -0.2) is 0 Å². The van der Waals surface area contributed by atoms with Crippen molar-refractivity contribution in [2.45, 2.75) is 12.8 Å². The molecule has 0 atom stereocenters. The van der Waals surface area contributed by atoms with Crippen LogP contribution in [0.25, 0.3) is 10.9 Å². The zero-order chi connectivity index (χ0) is 9.54. The number of H-pyrrole nitrogens is 1. The summed E-state index contributed by atoms with van der Waals surface area (Å²) in [5.74, 6) is 0.113. The van der Waals surface area contributed by atoms with Crippen LogP contribution in [0.4, 0.5) is 5.69 Å². The van der Waals surface area contributed by atoms with Crippen LogP contribution in [-0.4, -0.2) is 10.9 Å². The molecule has 2 heterocycles. The number of aryl methyl sites for hydroxylation is 1. The fraction of sp³-hybridized carbons (Fsp3) is 0.182. The average Bonchev–Trinajstić information content (AvgIpc) is 2.56. The maximum absolute atomic E-state index is 11.2. The number of rotatable bonds is 0. The van der Waals surface area contributed by atoms with Crippen molar-refractivity contribution >= 4 is 22.5 Å². The molecule has 1 aromatic heterocycles. The van der Waals surface area contributed by atoms with Gasteiger partial charge in [0.05, 0.1) is 5.69 Å². The first kappa shape index (κ1) is 7.62. The van der Waals surface area contributed by atoms with E-state index in [1.165, 1.54) is 0 Å². The van der Waals surface area contributed by atoms with E-state index in [1.54, 1.807) is 0 Å². The fourth-order valence-corrected chi connectivity index (χ4v) is 1.97. The van der Waals surface area contributed by atoms with Crippen LogP contribution in [0.3, 0.4) is 0 Å². The molecule has 0 radical (unpaired) electrons. The summed E-state index contributed by atoms with van der Waals surface area (Å²) in [7, 11) is 0. The predicted molar refractivity (Wildman–Crippen MR) is 55.2 cm³/mol. The Morgan fingerprint density at radius 1 is 1.14 bits per heavy atom. The number of carbonyl (C=O) groups is 1. The first-order valence-electron chi connectivity index (χ1n) is 4.74. The van der Waals surface area contributed by atoms with Gasteiger partial charge in [0.15, 0.2) is 0 Å². The first-order valence-corrected chi connectivity index (χ1v) is 4.74. The number of aromatic nitrogens is 1. The lowest BCUT2D eigenvalue weighted by atomic mass is 10.1. The molecular weight excluding hydrogens is 176 g/mol. The van der Waals surface area contributed by atoms with E-state index in [4.69, 9.17) is 0 Å². The van der Waals surface area contributed by atoms with Gasteiger partial charge in [0.1, 0.15) is 0 Å². The van der Waals surface area contributed by atoms with Gasteiger partial charge in [-0.05, 0) is 12.5 Å². The number of carbonyl (C=O) groups excluding carboxylic acids is 1. The van der Waals surface area contributed by atoms with Crippen LogP contribution in [0.2, 0.25) is 0 Å². The van der Waals surface area contributed by atoms with E-state index < -0.39 is 0 Å². The highest BCUT2D eigenvalue weighted by molar-refractivity contribution is 6.04. The Morgan fingerprint density at radius 3 is 2.93 bits per heavy atom. The molecule has 0 spiro atoms. The lowest BCUT2D eigenvalue weighted by Gasteiger charge is -2.12. The Kier molecular flexibility index (Phi) is 1.42. The second kappa shape index (κ2) is 2.61. The normalized spacial score (nSPS) is 15.3. The summed E-state index contributed by atoms with van der Waals surface area (Å²) in [5.41, 5.74) is 3.21. The van der Waals surface area contributed by atoms with Crippen LogP contribution < -0.4 is 5.32 Å². The van der Waals surface area contributed by atoms with Gasteiger partial charge in [-0.2, -0.15) is 0 Å². The van der Waals surface area contributed by atoms with Crippen LogP contribution in [0, 0.1) is 0 Å². The van der Waals surface area contributed by atoms with Gasteiger partial charge in [-0.1, -0.05) is 18.2 Å². The molecule has 1 aliphatic rings. The molecule has 3 nitrogen and oxygen atoms in total. The van der Waals surface area contributed by atoms with Crippen molar-refractivity contribution in [2.75, 3.05) is 5.32 Å². The largest absolute Gasteiger partial charge is 0.357 e. The van der Waals surface area contributed by atoms with Crippen molar-refractivity contribution in [1.29, 1.82) is 0 Å². The summed E-state index contributed by atoms with van der Waals surface area (Å²) in [6, 6.07) is 8.03. The van der Waals surface area contributed by atoms with Crippen LogP contribution in [0.15, 0.2) is 24.3 Å². The molecule has 2 aromatic rings. The molecular formula is C11H10N2O. The summed E-state index contributed by atoms with van der Waals surface area (Å²) in [4.78, 5) is 14.6. The fourth-order valence-electron chi connectivity index (χ4n) is 1.97. The molecule has 0 saturated carbocycles. The minimum absolute atomic E-state index is 0.113. The summed E-state index contributed by atoms with van der Waals surface area (Å²) in [6.45, 7) is 0. The van der Waals surface area contributed by atoms with Crippen LogP contribution in [0.5, 0.6) is 0 Å². The molecule has 0 saturated heterocycles. The van der Waals surface area contributed by atoms with Crippen molar-refractivity contribution in [2.24, 2.45) is 0 Å². The van der Waals surface area contributed by atoms with Gasteiger partial charge < -0.3 is 10.3 Å². The lowest BCUT2D eigenvalue weighted by Crippen LogP contribution is -2.18. The topological polar surface area (TPSA) is 44.9 Å². The van der Waals surface area contributed by atoms with Crippen LogP contribution in [0.1, 0.15) is 12.1 Å². The lowest BCUT2D eigenvalue weighted by molar-refractivity contribution is -0.116. The molecule has 0 aliphatic carbocycles. The number of para-hydroxylation sites is 1. The number of aromatic amines is 1. The zero-order valence-corrected chi connectivity index (χ0v) is 7.63. The molecule has 1 aliphatic heterocycles. The molecule has 2 N–H and O–H groups in total. The molecule has 0 unspecified atom stereocenters. The Bertz CT molecular complexity index is 513. The Morgan fingerprint density at radius 2 is 2.00 bits per heavy atom. The summed E-state index contributed by atoms with van der Waals surface area (Å²) >= 11 is 0. The summed E-state index contributed by atoms with van der Waals surface area (Å²) < 4.78 is 0. The number of benzene rings is 1. The van der Waals surface area contributed by atoms with Gasteiger partial charge in [0, 0.05) is 23.0 Å². The summed E-state index contributed by atoms with van der Waals surface area (Å²) in [5, 5.41) is 4.02. The van der Waals surface area contributed by atoms with Crippen molar-refractivity contribution in [3.63, 3.8) is 0 Å². The highest BCUT2D eigenvalue weighted by Gasteiger charge is 2.18. The highest BCUT2D eigenvalue weighted by Crippen LogP contribution is 2.30. The number of fused-ring (bicyclic) bond motifs is 3. The minimum atomic E-state index is 0.113. The Hall–Kier alpha value is -1.77. The second-order valence-electron chi connectivity index (χ2n) is 3.57. The van der Waals surface area contributed by atoms with Gasteiger partial charge in [-0.15, -0.1) is 0 Å². The van der Waals surface area contributed by atoms with E-state index in [0.29, 0.717) is 6.42 Å². The molecule has 3 rings (SSSR count). The number of amides is 1. The second-order valence-corrected chi connectivity index (χ2v) is 3.57. The van der Waals surface area contributed by atoms with Gasteiger partial charge in [-0.3, -0.25) is 4.79 Å². The Labute approximate surface area is 81.1 Å². The SMILES string of the molecule is O=C1CCc2[nH]c3ccccc3c2N1. The van der Waals surface area contributed by atoms with Crippen molar-refractivity contribution in [3.8, 4) is 0 Å². The standard InChI is InChI=1S/C11H10N2O/c14-10-6-5-9-11(13-10)7-3-1-2-4-8(7)12-9/h1-4,12H,5-6H2,(H,13,14). The third-order valence-corrected chi connectivity index (χ3v) is 2.65. The smallest absolute Gasteiger partial charge is 0.224 e. The third kappa shape index (κ3) is 0.954. The maximum atomic E-state index is 11.2. The predicted octanol–water partition coefficient (Wildman–Crippen LogP) is 2.05. The highest BCUT2D eigenvalue weighted by atomic mass is 16.1. The van der Waals surface area contributed by atoms with Gasteiger partial charge in [0.2, 0.25) is 5.91 Å². The number of anilines is 1. The van der Waals surface area contributed by atoms with E-state index in [9.17, 15) is 4.79 Å². The average molecular weight is 186 g/mol. The zero-order valence-electron chi connectivity index (χ0n) is 7.63. The quantitative estimate of drug-likeness (QED) is 0.649. The van der Waals surface area contributed by atoms with Gasteiger partial charge >= 0.3 is 0 Å². The number of hydrogen-bond donors (Lipinski definition) is 2. The third-order valence-electron chi connectivity index (χ3n) is 2.65.